The third-order valence-corrected chi connectivity index (χ3v) is 2.97. The summed E-state index contributed by atoms with van der Waals surface area (Å²) in [4.78, 5) is 32.5. The minimum absolute atomic E-state index is 0.182. The predicted octanol–water partition coefficient (Wildman–Crippen LogP) is 1.11. The zero-order chi connectivity index (χ0) is 15.5. The molecule has 108 valence electrons. The molecule has 0 aliphatic carbocycles. The van der Waals surface area contributed by atoms with Crippen molar-refractivity contribution in [1.82, 2.24) is 5.32 Å². The first kappa shape index (κ1) is 15.5. The summed E-state index contributed by atoms with van der Waals surface area (Å²) in [6.07, 6.45) is -0.281. The highest BCUT2D eigenvalue weighted by Gasteiger charge is 2.41. The van der Waals surface area contributed by atoms with Gasteiger partial charge in [-0.1, -0.05) is 6.07 Å². The van der Waals surface area contributed by atoms with Gasteiger partial charge in [0.25, 0.3) is 0 Å². The van der Waals surface area contributed by atoms with Crippen LogP contribution in [0.15, 0.2) is 18.2 Å². The standard InChI is InChI=1S/C12H13FN2O5/c1-12(11(17)18,10(16)14-2)6-7-3-4-9(15(19)20)8(13)5-7/h3-5H,6H2,1-2H3,(H,14,16)(H,17,18). The van der Waals surface area contributed by atoms with Crippen LogP contribution in [0, 0.1) is 21.3 Å². The highest BCUT2D eigenvalue weighted by atomic mass is 19.1. The predicted molar refractivity (Wildman–Crippen MR) is 66.6 cm³/mol. The van der Waals surface area contributed by atoms with E-state index in [1.54, 1.807) is 0 Å². The lowest BCUT2D eigenvalue weighted by Crippen LogP contribution is -2.44. The van der Waals surface area contributed by atoms with E-state index < -0.39 is 33.7 Å². The van der Waals surface area contributed by atoms with Crippen molar-refractivity contribution in [2.75, 3.05) is 7.05 Å². The minimum atomic E-state index is -1.78. The Kier molecular flexibility index (Phi) is 4.38. The van der Waals surface area contributed by atoms with Gasteiger partial charge in [-0.3, -0.25) is 19.7 Å². The number of carboxylic acid groups (broad SMARTS) is 1. The van der Waals surface area contributed by atoms with E-state index in [0.717, 1.165) is 12.1 Å². The van der Waals surface area contributed by atoms with Crippen molar-refractivity contribution in [3.63, 3.8) is 0 Å². The van der Waals surface area contributed by atoms with Crippen LogP contribution in [-0.2, 0) is 16.0 Å². The van der Waals surface area contributed by atoms with E-state index >= 15 is 0 Å². The number of hydrogen-bond acceptors (Lipinski definition) is 4. The van der Waals surface area contributed by atoms with Crippen LogP contribution in [0.2, 0.25) is 0 Å². The van der Waals surface area contributed by atoms with Gasteiger partial charge in [-0.05, 0) is 25.0 Å². The Morgan fingerprint density at radius 1 is 1.50 bits per heavy atom. The zero-order valence-electron chi connectivity index (χ0n) is 10.8. The smallest absolute Gasteiger partial charge is 0.319 e. The molecule has 1 aromatic carbocycles. The molecule has 8 heteroatoms. The van der Waals surface area contributed by atoms with Crippen molar-refractivity contribution in [2.45, 2.75) is 13.3 Å². The van der Waals surface area contributed by atoms with Crippen molar-refractivity contribution in [1.29, 1.82) is 0 Å². The molecule has 0 fully saturated rings. The van der Waals surface area contributed by atoms with E-state index in [-0.39, 0.29) is 12.0 Å². The quantitative estimate of drug-likeness (QED) is 0.478. The maximum absolute atomic E-state index is 13.5. The highest BCUT2D eigenvalue weighted by molar-refractivity contribution is 6.01. The molecular formula is C12H13FN2O5. The van der Waals surface area contributed by atoms with Crippen LogP contribution in [0.4, 0.5) is 10.1 Å². The van der Waals surface area contributed by atoms with Gasteiger partial charge >= 0.3 is 11.7 Å². The Labute approximate surface area is 113 Å². The van der Waals surface area contributed by atoms with Crippen LogP contribution in [0.5, 0.6) is 0 Å². The van der Waals surface area contributed by atoms with Crippen molar-refractivity contribution >= 4 is 17.6 Å². The summed E-state index contributed by atoms with van der Waals surface area (Å²) in [6.45, 7) is 1.20. The summed E-state index contributed by atoms with van der Waals surface area (Å²) in [5.74, 6) is -3.17. The molecule has 0 heterocycles. The fourth-order valence-corrected chi connectivity index (χ4v) is 1.75. The lowest BCUT2D eigenvalue weighted by atomic mass is 9.82. The molecule has 1 atom stereocenters. The van der Waals surface area contributed by atoms with Gasteiger partial charge in [-0.25, -0.2) is 0 Å². The van der Waals surface area contributed by atoms with Gasteiger partial charge in [0.05, 0.1) is 4.92 Å². The summed E-state index contributed by atoms with van der Waals surface area (Å²) < 4.78 is 13.5. The summed E-state index contributed by atoms with van der Waals surface area (Å²) >= 11 is 0. The number of carbonyl (C=O) groups is 2. The largest absolute Gasteiger partial charge is 0.480 e. The first-order chi connectivity index (χ1) is 9.22. The first-order valence-corrected chi connectivity index (χ1v) is 5.60. The van der Waals surface area contributed by atoms with Crippen LogP contribution in [0.25, 0.3) is 0 Å². The molecule has 0 aromatic heterocycles. The van der Waals surface area contributed by atoms with Crippen LogP contribution < -0.4 is 5.32 Å². The Morgan fingerprint density at radius 2 is 2.10 bits per heavy atom. The molecule has 0 bridgehead atoms. The molecule has 7 nitrogen and oxygen atoms in total. The van der Waals surface area contributed by atoms with Gasteiger partial charge in [0.15, 0.2) is 0 Å². The zero-order valence-corrected chi connectivity index (χ0v) is 10.8. The molecule has 2 N–H and O–H groups in total. The average molecular weight is 284 g/mol. The number of nitro benzene ring substituents is 1. The number of benzene rings is 1. The molecular weight excluding hydrogens is 271 g/mol. The number of aliphatic carboxylic acids is 1. The lowest BCUT2D eigenvalue weighted by molar-refractivity contribution is -0.387. The van der Waals surface area contributed by atoms with Gasteiger partial charge < -0.3 is 10.4 Å². The fraction of sp³-hybridized carbons (Fsp3) is 0.333. The number of carboxylic acids is 1. The first-order valence-electron chi connectivity index (χ1n) is 5.60. The topological polar surface area (TPSA) is 110 Å². The van der Waals surface area contributed by atoms with Crippen molar-refractivity contribution < 1.29 is 24.0 Å². The molecule has 0 saturated heterocycles. The van der Waals surface area contributed by atoms with Crippen molar-refractivity contribution in [2.24, 2.45) is 5.41 Å². The number of halogens is 1. The van der Waals surface area contributed by atoms with E-state index in [1.807, 2.05) is 0 Å². The maximum Gasteiger partial charge on any atom is 0.319 e. The number of nitrogens with one attached hydrogen (secondary N) is 1. The molecule has 20 heavy (non-hydrogen) atoms. The van der Waals surface area contributed by atoms with Gasteiger partial charge in [0, 0.05) is 13.1 Å². The highest BCUT2D eigenvalue weighted by Crippen LogP contribution is 2.26. The van der Waals surface area contributed by atoms with E-state index in [9.17, 15) is 24.1 Å². The second-order valence-corrected chi connectivity index (χ2v) is 4.44. The van der Waals surface area contributed by atoms with Gasteiger partial charge in [-0.15, -0.1) is 0 Å². The molecule has 0 radical (unpaired) electrons. The number of carbonyl (C=O) groups excluding carboxylic acids is 1. The van der Waals surface area contributed by atoms with Crippen molar-refractivity contribution in [3.8, 4) is 0 Å². The molecule has 1 aromatic rings. The van der Waals surface area contributed by atoms with E-state index in [0.29, 0.717) is 0 Å². The summed E-state index contributed by atoms with van der Waals surface area (Å²) in [6, 6.07) is 3.03. The van der Waals surface area contributed by atoms with Gasteiger partial charge in [0.1, 0.15) is 5.41 Å². The Balaban J connectivity index is 3.13. The Bertz CT molecular complexity index is 575. The number of nitrogens with zero attached hydrogens (tertiary/aromatic N) is 1. The maximum atomic E-state index is 13.5. The molecule has 0 saturated carbocycles. The molecule has 0 spiro atoms. The number of nitro groups is 1. The van der Waals surface area contributed by atoms with E-state index in [2.05, 4.69) is 5.32 Å². The van der Waals surface area contributed by atoms with E-state index in [4.69, 9.17) is 5.11 Å². The summed E-state index contributed by atoms with van der Waals surface area (Å²) in [5, 5.41) is 21.9. The fourth-order valence-electron chi connectivity index (χ4n) is 1.75. The molecule has 0 aliphatic heterocycles. The summed E-state index contributed by atoms with van der Waals surface area (Å²) in [7, 11) is 1.29. The van der Waals surface area contributed by atoms with Gasteiger partial charge in [-0.2, -0.15) is 4.39 Å². The minimum Gasteiger partial charge on any atom is -0.480 e. The third kappa shape index (κ3) is 2.90. The molecule has 1 unspecified atom stereocenters. The third-order valence-electron chi connectivity index (χ3n) is 2.97. The Morgan fingerprint density at radius 3 is 2.50 bits per heavy atom. The molecule has 0 aliphatic rings. The van der Waals surface area contributed by atoms with Crippen LogP contribution >= 0.6 is 0 Å². The molecule has 1 rings (SSSR count). The monoisotopic (exact) mass is 284 g/mol. The number of amides is 1. The van der Waals surface area contributed by atoms with Crippen molar-refractivity contribution in [3.05, 3.63) is 39.7 Å². The number of rotatable bonds is 5. The Hall–Kier alpha value is -2.51. The van der Waals surface area contributed by atoms with Gasteiger partial charge in [0.2, 0.25) is 11.7 Å². The normalized spacial score (nSPS) is 13.3. The second kappa shape index (κ2) is 5.64. The summed E-state index contributed by atoms with van der Waals surface area (Å²) in [5.41, 5.74) is -2.30. The lowest BCUT2D eigenvalue weighted by Gasteiger charge is -2.22. The molecule has 1 amide bonds. The van der Waals surface area contributed by atoms with Crippen LogP contribution in [-0.4, -0.2) is 29.0 Å². The van der Waals surface area contributed by atoms with E-state index in [1.165, 1.54) is 20.0 Å². The second-order valence-electron chi connectivity index (χ2n) is 4.44. The van der Waals surface area contributed by atoms with Crippen LogP contribution in [0.1, 0.15) is 12.5 Å². The average Bonchev–Trinajstić information content (AvgIpc) is 2.36. The SMILES string of the molecule is CNC(=O)C(C)(Cc1ccc([N+](=O)[O-])c(F)c1)C(=O)O. The number of hydrogen-bond donors (Lipinski definition) is 2. The van der Waals surface area contributed by atoms with Crippen LogP contribution in [0.3, 0.4) is 0 Å².